The van der Waals surface area contributed by atoms with Crippen molar-refractivity contribution in [2.24, 2.45) is 5.41 Å². The molecule has 1 aliphatic heterocycles. The summed E-state index contributed by atoms with van der Waals surface area (Å²) >= 11 is 6.31. The number of hydrogen-bond donors (Lipinski definition) is 1. The van der Waals surface area contributed by atoms with Crippen LogP contribution in [0, 0.1) is 5.41 Å². The highest BCUT2D eigenvalue weighted by molar-refractivity contribution is 6.30. The molecule has 0 radical (unpaired) electrons. The lowest BCUT2D eigenvalue weighted by atomic mass is 9.94. The van der Waals surface area contributed by atoms with E-state index in [4.69, 9.17) is 16.3 Å². The minimum Gasteiger partial charge on any atom is -0.465 e. The fraction of sp³-hybridized carbons (Fsp3) is 0.391. The highest BCUT2D eigenvalue weighted by atomic mass is 35.5. The number of esters is 1. The van der Waals surface area contributed by atoms with E-state index in [1.165, 1.54) is 0 Å². The second-order valence-corrected chi connectivity index (χ2v) is 8.65. The number of rotatable bonds is 5. The monoisotopic (exact) mass is 414 g/mol. The summed E-state index contributed by atoms with van der Waals surface area (Å²) < 4.78 is 5.19. The Morgan fingerprint density at radius 2 is 1.93 bits per heavy atom. The van der Waals surface area contributed by atoms with Crippen LogP contribution in [-0.2, 0) is 20.7 Å². The first-order valence-electron chi connectivity index (χ1n) is 9.81. The lowest BCUT2D eigenvalue weighted by Crippen LogP contribution is -2.33. The molecule has 1 aliphatic rings. The van der Waals surface area contributed by atoms with Crippen LogP contribution in [0.3, 0.4) is 0 Å². The molecule has 0 aliphatic carbocycles. The van der Waals surface area contributed by atoms with Crippen molar-refractivity contribution in [3.05, 3.63) is 58.6 Å². The van der Waals surface area contributed by atoms with Crippen LogP contribution in [0.25, 0.3) is 0 Å². The molecular weight excluding hydrogens is 388 g/mol. The summed E-state index contributed by atoms with van der Waals surface area (Å²) in [7, 11) is 0. The summed E-state index contributed by atoms with van der Waals surface area (Å²) in [6.45, 7) is 7.88. The average Bonchev–Trinajstić information content (AvgIpc) is 3.01. The first-order chi connectivity index (χ1) is 13.7. The molecule has 0 saturated heterocycles. The fourth-order valence-corrected chi connectivity index (χ4v) is 3.68. The van der Waals surface area contributed by atoms with Gasteiger partial charge in [0.05, 0.1) is 12.6 Å². The zero-order valence-corrected chi connectivity index (χ0v) is 18.0. The smallest absolute Gasteiger partial charge is 0.325 e. The van der Waals surface area contributed by atoms with Crippen molar-refractivity contribution in [2.45, 2.75) is 40.2 Å². The van der Waals surface area contributed by atoms with E-state index in [1.807, 2.05) is 56.0 Å². The highest BCUT2D eigenvalue weighted by Gasteiger charge is 2.34. The second-order valence-electron chi connectivity index (χ2n) is 8.22. The number of benzene rings is 2. The third kappa shape index (κ3) is 4.73. The summed E-state index contributed by atoms with van der Waals surface area (Å²) in [5.74, 6) is -0.356. The van der Waals surface area contributed by atoms with Gasteiger partial charge < -0.3 is 15.0 Å². The molecule has 1 atom stereocenters. The van der Waals surface area contributed by atoms with E-state index in [1.54, 1.807) is 13.0 Å². The number of carbonyl (C=O) groups excluding carboxylic acids is 2. The van der Waals surface area contributed by atoms with Crippen molar-refractivity contribution in [3.63, 3.8) is 0 Å². The van der Waals surface area contributed by atoms with Crippen LogP contribution in [0.4, 0.5) is 11.4 Å². The minimum atomic E-state index is -0.528. The predicted molar refractivity (Wildman–Crippen MR) is 116 cm³/mol. The highest BCUT2D eigenvalue weighted by Crippen LogP contribution is 2.43. The van der Waals surface area contributed by atoms with Gasteiger partial charge in [0.2, 0.25) is 5.91 Å². The SMILES string of the molecule is CCOC(=O)CN1c2ccccc2CC1c1cc(Cl)ccc1NC(=O)C(C)(C)C. The maximum absolute atomic E-state index is 12.6. The third-order valence-corrected chi connectivity index (χ3v) is 5.23. The van der Waals surface area contributed by atoms with Crippen molar-refractivity contribution in [2.75, 3.05) is 23.4 Å². The van der Waals surface area contributed by atoms with Gasteiger partial charge in [0, 0.05) is 21.8 Å². The van der Waals surface area contributed by atoms with Crippen LogP contribution < -0.4 is 10.2 Å². The summed E-state index contributed by atoms with van der Waals surface area (Å²) in [5, 5.41) is 3.62. The Bertz CT molecular complexity index is 921. The number of ether oxygens (including phenoxy) is 1. The molecule has 0 saturated carbocycles. The van der Waals surface area contributed by atoms with Gasteiger partial charge in [0.15, 0.2) is 0 Å². The van der Waals surface area contributed by atoms with Crippen LogP contribution in [0.15, 0.2) is 42.5 Å². The first kappa shape index (κ1) is 21.2. The largest absolute Gasteiger partial charge is 0.465 e. The summed E-state index contributed by atoms with van der Waals surface area (Å²) in [6.07, 6.45) is 0.717. The molecule has 29 heavy (non-hydrogen) atoms. The number of halogens is 1. The number of carbonyl (C=O) groups is 2. The molecule has 5 nitrogen and oxygen atoms in total. The van der Waals surface area contributed by atoms with Gasteiger partial charge in [-0.2, -0.15) is 0 Å². The molecule has 0 bridgehead atoms. The molecule has 3 rings (SSSR count). The molecule has 2 aromatic rings. The summed E-state index contributed by atoms with van der Waals surface area (Å²) in [6, 6.07) is 13.3. The first-order valence-corrected chi connectivity index (χ1v) is 10.2. The summed E-state index contributed by atoms with van der Waals surface area (Å²) in [5.41, 5.74) is 3.21. The maximum Gasteiger partial charge on any atom is 0.325 e. The van der Waals surface area contributed by atoms with Crippen LogP contribution in [-0.4, -0.2) is 25.0 Å². The normalized spacial score (nSPS) is 15.8. The second kappa shape index (κ2) is 8.46. The van der Waals surface area contributed by atoms with Gasteiger partial charge in [-0.15, -0.1) is 0 Å². The standard InChI is InChI=1S/C23H27ClN2O3/c1-5-29-21(27)14-26-19-9-7-6-8-15(19)12-20(26)17-13-16(24)10-11-18(17)25-22(28)23(2,3)4/h6-11,13,20H,5,12,14H2,1-4H3,(H,25,28). The average molecular weight is 415 g/mol. The molecule has 1 unspecified atom stereocenters. The van der Waals surface area contributed by atoms with Crippen LogP contribution in [0.1, 0.15) is 44.9 Å². The molecule has 154 valence electrons. The molecule has 2 aromatic carbocycles. The van der Waals surface area contributed by atoms with E-state index in [0.717, 1.165) is 16.8 Å². The Balaban J connectivity index is 2.00. The minimum absolute atomic E-state index is 0.0754. The number of amides is 1. The lowest BCUT2D eigenvalue weighted by Gasteiger charge is -2.29. The van der Waals surface area contributed by atoms with E-state index in [9.17, 15) is 9.59 Å². The lowest BCUT2D eigenvalue weighted by molar-refractivity contribution is -0.141. The predicted octanol–water partition coefficient (Wildman–Crippen LogP) is 4.99. The van der Waals surface area contributed by atoms with Crippen LogP contribution >= 0.6 is 11.6 Å². The van der Waals surface area contributed by atoms with Gasteiger partial charge in [-0.05, 0) is 48.7 Å². The Morgan fingerprint density at radius 3 is 2.62 bits per heavy atom. The van der Waals surface area contributed by atoms with E-state index in [-0.39, 0.29) is 24.5 Å². The van der Waals surface area contributed by atoms with Crippen molar-refractivity contribution in [1.82, 2.24) is 0 Å². The molecule has 6 heteroatoms. The van der Waals surface area contributed by atoms with Crippen molar-refractivity contribution >= 4 is 34.9 Å². The van der Waals surface area contributed by atoms with Gasteiger partial charge in [-0.3, -0.25) is 9.59 Å². The van der Waals surface area contributed by atoms with Gasteiger partial charge in [-0.1, -0.05) is 50.6 Å². The zero-order valence-electron chi connectivity index (χ0n) is 17.3. The number of fused-ring (bicyclic) bond motifs is 1. The number of anilines is 2. The van der Waals surface area contributed by atoms with Crippen molar-refractivity contribution in [3.8, 4) is 0 Å². The van der Waals surface area contributed by atoms with E-state index in [0.29, 0.717) is 23.7 Å². The van der Waals surface area contributed by atoms with Crippen molar-refractivity contribution in [1.29, 1.82) is 0 Å². The van der Waals surface area contributed by atoms with Gasteiger partial charge >= 0.3 is 5.97 Å². The van der Waals surface area contributed by atoms with Crippen LogP contribution in [0.2, 0.25) is 5.02 Å². The Morgan fingerprint density at radius 1 is 1.21 bits per heavy atom. The van der Waals surface area contributed by atoms with E-state index < -0.39 is 5.41 Å². The zero-order chi connectivity index (χ0) is 21.2. The van der Waals surface area contributed by atoms with E-state index >= 15 is 0 Å². The fourth-order valence-electron chi connectivity index (χ4n) is 3.50. The third-order valence-electron chi connectivity index (χ3n) is 5.00. The number of para-hydroxylation sites is 1. The molecule has 0 aromatic heterocycles. The molecule has 1 N–H and O–H groups in total. The number of nitrogens with one attached hydrogen (secondary N) is 1. The number of hydrogen-bond acceptors (Lipinski definition) is 4. The van der Waals surface area contributed by atoms with Gasteiger partial charge in [0.25, 0.3) is 0 Å². The Hall–Kier alpha value is -2.53. The molecule has 0 fully saturated rings. The quantitative estimate of drug-likeness (QED) is 0.700. The molecule has 1 amide bonds. The Kier molecular flexibility index (Phi) is 6.18. The number of nitrogens with zero attached hydrogens (tertiary/aromatic N) is 1. The Labute approximate surface area is 177 Å². The molecule has 0 spiro atoms. The summed E-state index contributed by atoms with van der Waals surface area (Å²) in [4.78, 5) is 26.9. The van der Waals surface area contributed by atoms with Crippen LogP contribution in [0.5, 0.6) is 0 Å². The maximum atomic E-state index is 12.6. The van der Waals surface area contributed by atoms with Crippen molar-refractivity contribution < 1.29 is 14.3 Å². The van der Waals surface area contributed by atoms with Gasteiger partial charge in [0.1, 0.15) is 6.54 Å². The van der Waals surface area contributed by atoms with E-state index in [2.05, 4.69) is 11.4 Å². The van der Waals surface area contributed by atoms with Gasteiger partial charge in [-0.25, -0.2) is 0 Å². The topological polar surface area (TPSA) is 58.6 Å². The molecular formula is C23H27ClN2O3. The molecule has 1 heterocycles.